The van der Waals surface area contributed by atoms with E-state index in [0.717, 1.165) is 20.7 Å². The van der Waals surface area contributed by atoms with Gasteiger partial charge in [-0.2, -0.15) is 0 Å². The first-order chi connectivity index (χ1) is 13.7. The zero-order valence-electron chi connectivity index (χ0n) is 15.1. The van der Waals surface area contributed by atoms with Gasteiger partial charge in [-0.1, -0.05) is 42.5 Å². The number of benzene rings is 1. The van der Waals surface area contributed by atoms with Gasteiger partial charge < -0.3 is 16.4 Å². The Balaban J connectivity index is 1.48. The molecule has 1 amide bonds. The zero-order valence-corrected chi connectivity index (χ0v) is 17.5. The summed E-state index contributed by atoms with van der Waals surface area (Å²) in [5, 5.41) is 6.26. The molecular formula is C21H21BrN4OS. The number of amidine groups is 1. The first-order valence-corrected chi connectivity index (χ1v) is 10.8. The molecule has 0 saturated carbocycles. The summed E-state index contributed by atoms with van der Waals surface area (Å²) in [7, 11) is 0. The van der Waals surface area contributed by atoms with Gasteiger partial charge in [-0.3, -0.25) is 4.79 Å². The average molecular weight is 457 g/mol. The number of carbonyl (C=O) groups is 1. The van der Waals surface area contributed by atoms with Crippen LogP contribution < -0.4 is 16.4 Å². The van der Waals surface area contributed by atoms with E-state index in [4.69, 9.17) is 5.73 Å². The average Bonchev–Trinajstić information content (AvgIpc) is 3.34. The molecule has 0 radical (unpaired) electrons. The summed E-state index contributed by atoms with van der Waals surface area (Å²) in [6, 6.07) is 11.9. The number of allylic oxidation sites excluding steroid dienone is 1. The Morgan fingerprint density at radius 1 is 1.29 bits per heavy atom. The van der Waals surface area contributed by atoms with Gasteiger partial charge >= 0.3 is 0 Å². The molecule has 28 heavy (non-hydrogen) atoms. The van der Waals surface area contributed by atoms with Crippen LogP contribution >= 0.6 is 27.3 Å². The van der Waals surface area contributed by atoms with E-state index in [2.05, 4.69) is 43.7 Å². The molecule has 0 saturated heterocycles. The molecule has 7 heteroatoms. The van der Waals surface area contributed by atoms with Crippen LogP contribution in [0.25, 0.3) is 0 Å². The number of nitrogens with zero attached hydrogens (tertiary/aromatic N) is 1. The maximum atomic E-state index is 12.8. The molecule has 3 atom stereocenters. The van der Waals surface area contributed by atoms with Crippen LogP contribution in [0.3, 0.4) is 0 Å². The third kappa shape index (κ3) is 3.97. The lowest BCUT2D eigenvalue weighted by Gasteiger charge is -2.21. The van der Waals surface area contributed by atoms with Gasteiger partial charge in [-0.15, -0.1) is 11.3 Å². The minimum Gasteiger partial charge on any atom is -0.350 e. The highest BCUT2D eigenvalue weighted by Crippen LogP contribution is 2.41. The standard InChI is InChI=1S/C21H21BrN4OS/c22-17-11-18(21(27)26-14(12-23)10-13-4-2-1-3-5-13)28-19(17)15-6-8-24-20-16(15)7-9-25-20/h1-9,11,14-16H,10,12,23H2,(H,24,25)(H,26,27)/t14-,15?,16?/m1/s1. The van der Waals surface area contributed by atoms with Crippen molar-refractivity contribution in [3.63, 3.8) is 0 Å². The van der Waals surface area contributed by atoms with Crippen molar-refractivity contribution >= 4 is 39.0 Å². The van der Waals surface area contributed by atoms with Crippen molar-refractivity contribution in [3.05, 3.63) is 80.7 Å². The molecule has 2 aromatic rings. The lowest BCUT2D eigenvalue weighted by atomic mass is 9.89. The smallest absolute Gasteiger partial charge is 0.261 e. The van der Waals surface area contributed by atoms with Crippen LogP contribution in [0.15, 0.2) is 70.4 Å². The lowest BCUT2D eigenvalue weighted by Crippen LogP contribution is -2.41. The Morgan fingerprint density at radius 3 is 2.89 bits per heavy atom. The van der Waals surface area contributed by atoms with E-state index < -0.39 is 0 Å². The second-order valence-electron chi connectivity index (χ2n) is 6.83. The first kappa shape index (κ1) is 19.1. The Bertz CT molecular complexity index is 951. The van der Waals surface area contributed by atoms with Crippen molar-refractivity contribution in [3.8, 4) is 0 Å². The summed E-state index contributed by atoms with van der Waals surface area (Å²) in [5.41, 5.74) is 7.06. The fraction of sp³-hybridized carbons (Fsp3) is 0.238. The van der Waals surface area contributed by atoms with E-state index in [-0.39, 0.29) is 23.8 Å². The molecule has 0 bridgehead atoms. The molecule has 0 aliphatic carbocycles. The first-order valence-electron chi connectivity index (χ1n) is 9.17. The fourth-order valence-electron chi connectivity index (χ4n) is 3.49. The van der Waals surface area contributed by atoms with E-state index in [9.17, 15) is 4.79 Å². The summed E-state index contributed by atoms with van der Waals surface area (Å²) < 4.78 is 0.950. The molecule has 1 aromatic heterocycles. The third-order valence-electron chi connectivity index (χ3n) is 4.93. The Hall–Kier alpha value is -2.22. The molecule has 3 heterocycles. The highest BCUT2D eigenvalue weighted by molar-refractivity contribution is 9.10. The van der Waals surface area contributed by atoms with Crippen LogP contribution in [0.5, 0.6) is 0 Å². The number of hydrogen-bond donors (Lipinski definition) is 3. The van der Waals surface area contributed by atoms with E-state index in [1.807, 2.05) is 48.8 Å². The number of thiophene rings is 1. The van der Waals surface area contributed by atoms with Gasteiger partial charge in [0.1, 0.15) is 5.84 Å². The Morgan fingerprint density at radius 2 is 2.11 bits per heavy atom. The summed E-state index contributed by atoms with van der Waals surface area (Å²) in [6.45, 7) is 0.393. The molecule has 0 fully saturated rings. The van der Waals surface area contributed by atoms with Gasteiger partial charge in [-0.05, 0) is 40.2 Å². The molecule has 1 aromatic carbocycles. The Labute approximate surface area is 176 Å². The van der Waals surface area contributed by atoms with Crippen LogP contribution in [-0.2, 0) is 6.42 Å². The summed E-state index contributed by atoms with van der Waals surface area (Å²) in [6.07, 6.45) is 8.66. The number of hydrogen-bond acceptors (Lipinski definition) is 5. The number of amides is 1. The maximum absolute atomic E-state index is 12.8. The molecule has 2 unspecified atom stereocenters. The number of rotatable bonds is 6. The summed E-state index contributed by atoms with van der Waals surface area (Å²) in [4.78, 5) is 19.0. The minimum absolute atomic E-state index is 0.0860. The maximum Gasteiger partial charge on any atom is 0.261 e. The summed E-state index contributed by atoms with van der Waals surface area (Å²) >= 11 is 5.16. The second-order valence-corrected chi connectivity index (χ2v) is 8.77. The predicted molar refractivity (Wildman–Crippen MR) is 118 cm³/mol. The SMILES string of the molecule is NC[C@@H](Cc1ccccc1)NC(=O)c1cc(Br)c(C2C=CN=C3NC=CC32)s1. The molecule has 4 rings (SSSR count). The van der Waals surface area contributed by atoms with E-state index in [0.29, 0.717) is 17.8 Å². The van der Waals surface area contributed by atoms with Gasteiger partial charge in [0.2, 0.25) is 0 Å². The predicted octanol–water partition coefficient (Wildman–Crippen LogP) is 3.55. The van der Waals surface area contributed by atoms with Gasteiger partial charge in [-0.25, -0.2) is 4.99 Å². The number of fused-ring (bicyclic) bond motifs is 1. The fourth-order valence-corrected chi connectivity index (χ4v) is 5.46. The highest BCUT2D eigenvalue weighted by atomic mass is 79.9. The molecule has 2 aliphatic heterocycles. The van der Waals surface area contributed by atoms with Crippen molar-refractivity contribution in [1.82, 2.24) is 10.6 Å². The van der Waals surface area contributed by atoms with E-state index in [1.54, 1.807) is 0 Å². The van der Waals surface area contributed by atoms with E-state index in [1.165, 1.54) is 11.3 Å². The molecular weight excluding hydrogens is 436 g/mol. The number of aliphatic imine (C=N–C) groups is 1. The van der Waals surface area contributed by atoms with Crippen LogP contribution in [0, 0.1) is 5.92 Å². The lowest BCUT2D eigenvalue weighted by molar-refractivity contribution is 0.0942. The number of halogens is 1. The van der Waals surface area contributed by atoms with Crippen molar-refractivity contribution in [1.29, 1.82) is 0 Å². The van der Waals surface area contributed by atoms with Crippen molar-refractivity contribution in [2.45, 2.75) is 18.4 Å². The van der Waals surface area contributed by atoms with Crippen molar-refractivity contribution in [2.24, 2.45) is 16.6 Å². The summed E-state index contributed by atoms with van der Waals surface area (Å²) in [5.74, 6) is 1.21. The quantitative estimate of drug-likeness (QED) is 0.621. The highest BCUT2D eigenvalue weighted by Gasteiger charge is 2.31. The molecule has 0 spiro atoms. The number of carbonyl (C=O) groups excluding carboxylic acids is 1. The third-order valence-corrected chi connectivity index (χ3v) is 7.08. The molecule has 144 valence electrons. The van der Waals surface area contributed by atoms with Crippen molar-refractivity contribution < 1.29 is 4.79 Å². The van der Waals surface area contributed by atoms with Gasteiger partial charge in [0.25, 0.3) is 5.91 Å². The van der Waals surface area contributed by atoms with Crippen LogP contribution in [0.2, 0.25) is 0 Å². The van der Waals surface area contributed by atoms with Gasteiger partial charge in [0.05, 0.1) is 4.88 Å². The Kier molecular flexibility index (Phi) is 5.75. The van der Waals surface area contributed by atoms with Gasteiger partial charge in [0.15, 0.2) is 0 Å². The number of nitrogens with two attached hydrogens (primary N) is 1. The molecule has 2 aliphatic rings. The van der Waals surface area contributed by atoms with Crippen molar-refractivity contribution in [2.75, 3.05) is 6.54 Å². The zero-order chi connectivity index (χ0) is 19.5. The van der Waals surface area contributed by atoms with Crippen LogP contribution in [0.4, 0.5) is 0 Å². The second kappa shape index (κ2) is 8.43. The monoisotopic (exact) mass is 456 g/mol. The molecule has 4 N–H and O–H groups in total. The number of nitrogens with one attached hydrogen (secondary N) is 2. The van der Waals surface area contributed by atoms with Crippen LogP contribution in [-0.4, -0.2) is 24.3 Å². The van der Waals surface area contributed by atoms with E-state index >= 15 is 0 Å². The van der Waals surface area contributed by atoms with Gasteiger partial charge in [0, 0.05) is 40.0 Å². The normalized spacial score (nSPS) is 21.0. The minimum atomic E-state index is -0.102. The topological polar surface area (TPSA) is 79.5 Å². The van der Waals surface area contributed by atoms with Crippen LogP contribution in [0.1, 0.15) is 26.0 Å². The largest absolute Gasteiger partial charge is 0.350 e. The molecule has 5 nitrogen and oxygen atoms in total.